The second-order valence-electron chi connectivity index (χ2n) is 5.20. The van der Waals surface area contributed by atoms with Crippen LogP contribution < -0.4 is 11.1 Å². The van der Waals surface area contributed by atoms with Gasteiger partial charge in [0, 0.05) is 5.69 Å². The first-order chi connectivity index (χ1) is 9.08. The second kappa shape index (κ2) is 7.95. The van der Waals surface area contributed by atoms with Crippen LogP contribution in [0.3, 0.4) is 0 Å². The monoisotopic (exact) mass is 262 g/mol. The fourth-order valence-electron chi connectivity index (χ4n) is 1.87. The summed E-state index contributed by atoms with van der Waals surface area (Å²) in [5.41, 5.74) is 8.04. The summed E-state index contributed by atoms with van der Waals surface area (Å²) in [6, 6.07) is 7.60. The number of nitrogens with one attached hydrogen (secondary N) is 1. The normalized spacial score (nSPS) is 13.9. The van der Waals surface area contributed by atoms with Crippen LogP contribution in [0, 0.1) is 5.92 Å². The first-order valence-corrected chi connectivity index (χ1v) is 7.23. The van der Waals surface area contributed by atoms with E-state index in [1.165, 1.54) is 18.4 Å². The molecule has 1 amide bonds. The number of carbonyl (C=O) groups is 1. The fourth-order valence-corrected chi connectivity index (χ4v) is 1.87. The van der Waals surface area contributed by atoms with Gasteiger partial charge in [0.25, 0.3) is 0 Å². The lowest BCUT2D eigenvalue weighted by molar-refractivity contribution is -0.118. The van der Waals surface area contributed by atoms with Crippen LogP contribution in [0.2, 0.25) is 0 Å². The molecule has 1 aromatic rings. The average molecular weight is 262 g/mol. The maximum Gasteiger partial charge on any atom is 0.241 e. The first-order valence-electron chi connectivity index (χ1n) is 7.23. The van der Waals surface area contributed by atoms with Crippen molar-refractivity contribution in [1.29, 1.82) is 0 Å². The highest BCUT2D eigenvalue weighted by Crippen LogP contribution is 2.13. The van der Waals surface area contributed by atoms with Crippen molar-refractivity contribution in [2.24, 2.45) is 11.7 Å². The summed E-state index contributed by atoms with van der Waals surface area (Å²) in [6.07, 6.45) is 4.40. The maximum atomic E-state index is 11.9. The van der Waals surface area contributed by atoms with E-state index in [-0.39, 0.29) is 11.8 Å². The summed E-state index contributed by atoms with van der Waals surface area (Å²) in [6.45, 7) is 6.23. The van der Waals surface area contributed by atoms with E-state index in [1.54, 1.807) is 0 Å². The van der Waals surface area contributed by atoms with Crippen LogP contribution in [-0.4, -0.2) is 11.9 Å². The Kier molecular flexibility index (Phi) is 6.57. The number of aryl methyl sites for hydroxylation is 1. The van der Waals surface area contributed by atoms with Gasteiger partial charge >= 0.3 is 0 Å². The number of anilines is 1. The van der Waals surface area contributed by atoms with E-state index in [1.807, 2.05) is 26.0 Å². The predicted molar refractivity (Wildman–Crippen MR) is 81.1 cm³/mol. The van der Waals surface area contributed by atoms with Gasteiger partial charge in [-0.2, -0.15) is 0 Å². The SMILES string of the molecule is CCCCc1ccc(NC(=O)C(N)C(C)CC)cc1. The van der Waals surface area contributed by atoms with Crippen LogP contribution in [0.15, 0.2) is 24.3 Å². The molecule has 3 N–H and O–H groups in total. The Morgan fingerprint density at radius 1 is 1.26 bits per heavy atom. The molecule has 1 aromatic carbocycles. The summed E-state index contributed by atoms with van der Waals surface area (Å²) in [5.74, 6) is 0.0967. The van der Waals surface area contributed by atoms with Gasteiger partial charge in [-0.1, -0.05) is 45.7 Å². The first kappa shape index (κ1) is 15.7. The topological polar surface area (TPSA) is 55.1 Å². The highest BCUT2D eigenvalue weighted by Gasteiger charge is 2.19. The van der Waals surface area contributed by atoms with Gasteiger partial charge in [0.1, 0.15) is 0 Å². The van der Waals surface area contributed by atoms with Gasteiger partial charge in [-0.25, -0.2) is 0 Å². The summed E-state index contributed by atoms with van der Waals surface area (Å²) in [4.78, 5) is 11.9. The molecule has 1 rings (SSSR count). The van der Waals surface area contributed by atoms with E-state index < -0.39 is 6.04 Å². The van der Waals surface area contributed by atoms with Crippen molar-refractivity contribution in [3.63, 3.8) is 0 Å². The van der Waals surface area contributed by atoms with E-state index in [0.29, 0.717) is 0 Å². The number of nitrogens with two attached hydrogens (primary N) is 1. The third-order valence-electron chi connectivity index (χ3n) is 3.60. The number of hydrogen-bond acceptors (Lipinski definition) is 2. The number of benzene rings is 1. The molecular formula is C16H26N2O. The Balaban J connectivity index is 2.55. The van der Waals surface area contributed by atoms with E-state index >= 15 is 0 Å². The maximum absolute atomic E-state index is 11.9. The van der Waals surface area contributed by atoms with Crippen molar-refractivity contribution in [3.8, 4) is 0 Å². The highest BCUT2D eigenvalue weighted by atomic mass is 16.2. The van der Waals surface area contributed by atoms with Crippen molar-refractivity contribution < 1.29 is 4.79 Å². The Morgan fingerprint density at radius 3 is 2.42 bits per heavy atom. The molecule has 0 saturated carbocycles. The highest BCUT2D eigenvalue weighted by molar-refractivity contribution is 5.94. The van der Waals surface area contributed by atoms with Crippen molar-refractivity contribution >= 4 is 11.6 Å². The van der Waals surface area contributed by atoms with Gasteiger partial charge in [0.15, 0.2) is 0 Å². The molecule has 0 heterocycles. The van der Waals surface area contributed by atoms with E-state index in [9.17, 15) is 4.79 Å². The van der Waals surface area contributed by atoms with Gasteiger partial charge in [-0.3, -0.25) is 4.79 Å². The van der Waals surface area contributed by atoms with Crippen molar-refractivity contribution in [3.05, 3.63) is 29.8 Å². The number of carbonyl (C=O) groups excluding carboxylic acids is 1. The van der Waals surface area contributed by atoms with Gasteiger partial charge in [0.2, 0.25) is 5.91 Å². The molecule has 0 saturated heterocycles. The number of hydrogen-bond donors (Lipinski definition) is 2. The molecule has 0 aliphatic rings. The zero-order chi connectivity index (χ0) is 14.3. The smallest absolute Gasteiger partial charge is 0.241 e. The third kappa shape index (κ3) is 5.03. The molecule has 106 valence electrons. The number of rotatable bonds is 7. The molecule has 0 radical (unpaired) electrons. The molecule has 3 heteroatoms. The predicted octanol–water partition coefficient (Wildman–Crippen LogP) is 3.34. The molecule has 0 aromatic heterocycles. The quantitative estimate of drug-likeness (QED) is 0.792. The second-order valence-corrected chi connectivity index (χ2v) is 5.20. The van der Waals surface area contributed by atoms with Crippen LogP contribution in [0.25, 0.3) is 0 Å². The minimum atomic E-state index is -0.440. The lowest BCUT2D eigenvalue weighted by Gasteiger charge is -2.17. The van der Waals surface area contributed by atoms with Crippen LogP contribution >= 0.6 is 0 Å². The van der Waals surface area contributed by atoms with Crippen LogP contribution in [-0.2, 0) is 11.2 Å². The molecule has 2 unspecified atom stereocenters. The van der Waals surface area contributed by atoms with E-state index in [4.69, 9.17) is 5.73 Å². The van der Waals surface area contributed by atoms with Crippen molar-refractivity contribution in [2.75, 3.05) is 5.32 Å². The Bertz CT molecular complexity index is 386. The van der Waals surface area contributed by atoms with Gasteiger partial charge < -0.3 is 11.1 Å². The Morgan fingerprint density at radius 2 is 1.89 bits per heavy atom. The third-order valence-corrected chi connectivity index (χ3v) is 3.60. The van der Waals surface area contributed by atoms with Crippen molar-refractivity contribution in [2.45, 2.75) is 52.5 Å². The number of unbranched alkanes of at least 4 members (excludes halogenated alkanes) is 1. The summed E-state index contributed by atoms with van der Waals surface area (Å²) in [5, 5.41) is 2.88. The van der Waals surface area contributed by atoms with E-state index in [2.05, 4.69) is 24.4 Å². The summed E-state index contributed by atoms with van der Waals surface area (Å²) in [7, 11) is 0. The molecule has 0 spiro atoms. The molecular weight excluding hydrogens is 236 g/mol. The van der Waals surface area contributed by atoms with E-state index in [0.717, 1.165) is 18.5 Å². The zero-order valence-electron chi connectivity index (χ0n) is 12.3. The largest absolute Gasteiger partial charge is 0.325 e. The molecule has 0 fully saturated rings. The molecule has 0 bridgehead atoms. The lowest BCUT2D eigenvalue weighted by Crippen LogP contribution is -2.40. The zero-order valence-corrected chi connectivity index (χ0v) is 12.3. The minimum absolute atomic E-state index is 0.101. The van der Waals surface area contributed by atoms with Gasteiger partial charge in [-0.05, 0) is 36.5 Å². The van der Waals surface area contributed by atoms with Crippen LogP contribution in [0.4, 0.5) is 5.69 Å². The van der Waals surface area contributed by atoms with Crippen LogP contribution in [0.1, 0.15) is 45.6 Å². The standard InChI is InChI=1S/C16H26N2O/c1-4-6-7-13-8-10-14(11-9-13)18-16(19)15(17)12(3)5-2/h8-12,15H,4-7,17H2,1-3H3,(H,18,19). The average Bonchev–Trinajstić information content (AvgIpc) is 2.44. The fraction of sp³-hybridized carbons (Fsp3) is 0.562. The van der Waals surface area contributed by atoms with Crippen LogP contribution in [0.5, 0.6) is 0 Å². The molecule has 0 aliphatic heterocycles. The van der Waals surface area contributed by atoms with Gasteiger partial charge in [0.05, 0.1) is 6.04 Å². The van der Waals surface area contributed by atoms with Gasteiger partial charge in [-0.15, -0.1) is 0 Å². The number of amides is 1. The molecule has 19 heavy (non-hydrogen) atoms. The minimum Gasteiger partial charge on any atom is -0.325 e. The van der Waals surface area contributed by atoms with Crippen molar-refractivity contribution in [1.82, 2.24) is 0 Å². The summed E-state index contributed by atoms with van der Waals surface area (Å²) < 4.78 is 0. The molecule has 2 atom stereocenters. The lowest BCUT2D eigenvalue weighted by atomic mass is 9.99. The Labute approximate surface area is 116 Å². The molecule has 3 nitrogen and oxygen atoms in total. The summed E-state index contributed by atoms with van der Waals surface area (Å²) >= 11 is 0. The molecule has 0 aliphatic carbocycles. The Hall–Kier alpha value is -1.35.